The minimum absolute atomic E-state index is 0.0596. The van der Waals surface area contributed by atoms with E-state index in [9.17, 15) is 27.6 Å². The number of pyridine rings is 1. The Kier molecular flexibility index (Phi) is 5.83. The van der Waals surface area contributed by atoms with E-state index < -0.39 is 47.3 Å². The molecule has 0 saturated heterocycles. The van der Waals surface area contributed by atoms with Crippen LogP contribution in [-0.4, -0.2) is 37.8 Å². The standard InChI is InChI=1S/C21H19F3N4O4/c22-11-7-15-19(25-9-11)27(14-5-6-16(23)17(24)8-14)21(32)28(20(15)31)13-3-1-12(2-4-13)26-18(30)10-29/h5-9,12-13,29H,1-4,10H2,(H,26,30). The van der Waals surface area contributed by atoms with Gasteiger partial charge in [0.2, 0.25) is 5.91 Å². The number of halogens is 3. The van der Waals surface area contributed by atoms with Crippen LogP contribution in [0.5, 0.6) is 0 Å². The first-order valence-electron chi connectivity index (χ1n) is 9.98. The number of hydrogen-bond acceptors (Lipinski definition) is 5. The SMILES string of the molecule is O=C(CO)NC1CCC(n2c(=O)c3cc(F)cnc3n(-c3ccc(F)c(F)c3)c2=O)CC1. The van der Waals surface area contributed by atoms with Gasteiger partial charge in [-0.1, -0.05) is 0 Å². The molecule has 0 unspecified atom stereocenters. The van der Waals surface area contributed by atoms with Gasteiger partial charge in [0, 0.05) is 18.2 Å². The smallest absolute Gasteiger partial charge is 0.337 e. The van der Waals surface area contributed by atoms with Crippen LogP contribution in [0.2, 0.25) is 0 Å². The van der Waals surface area contributed by atoms with Crippen LogP contribution in [0.3, 0.4) is 0 Å². The maximum absolute atomic E-state index is 13.9. The number of hydrogen-bond donors (Lipinski definition) is 2. The molecule has 3 aromatic rings. The van der Waals surface area contributed by atoms with Gasteiger partial charge < -0.3 is 10.4 Å². The second-order valence-corrected chi connectivity index (χ2v) is 7.65. The average molecular weight is 448 g/mol. The third kappa shape index (κ3) is 3.91. The van der Waals surface area contributed by atoms with E-state index in [0.717, 1.165) is 33.5 Å². The number of aliphatic hydroxyl groups is 1. The number of amides is 1. The number of carbonyl (C=O) groups is 1. The van der Waals surface area contributed by atoms with Crippen LogP contribution >= 0.6 is 0 Å². The Morgan fingerprint density at radius 1 is 1.09 bits per heavy atom. The molecular formula is C21H19F3N4O4. The van der Waals surface area contributed by atoms with Gasteiger partial charge in [-0.15, -0.1) is 0 Å². The van der Waals surface area contributed by atoms with Crippen molar-refractivity contribution in [2.45, 2.75) is 37.8 Å². The van der Waals surface area contributed by atoms with Gasteiger partial charge in [-0.2, -0.15) is 0 Å². The van der Waals surface area contributed by atoms with Crippen LogP contribution in [-0.2, 0) is 4.79 Å². The second-order valence-electron chi connectivity index (χ2n) is 7.65. The van der Waals surface area contributed by atoms with E-state index in [1.54, 1.807) is 0 Å². The summed E-state index contributed by atoms with van der Waals surface area (Å²) in [5.41, 5.74) is -1.78. The van der Waals surface area contributed by atoms with Gasteiger partial charge in [0.05, 0.1) is 17.3 Å². The number of aliphatic hydroxyl groups excluding tert-OH is 1. The van der Waals surface area contributed by atoms with Crippen molar-refractivity contribution in [2.75, 3.05) is 6.61 Å². The molecule has 11 heteroatoms. The molecule has 1 fully saturated rings. The van der Waals surface area contributed by atoms with Crippen molar-refractivity contribution in [3.05, 3.63) is 68.8 Å². The molecule has 8 nitrogen and oxygen atoms in total. The summed E-state index contributed by atoms with van der Waals surface area (Å²) >= 11 is 0. The third-order valence-electron chi connectivity index (χ3n) is 5.62. The zero-order chi connectivity index (χ0) is 23.0. The molecule has 0 aliphatic heterocycles. The van der Waals surface area contributed by atoms with Gasteiger partial charge in [-0.3, -0.25) is 14.2 Å². The largest absolute Gasteiger partial charge is 0.387 e. The molecule has 0 bridgehead atoms. The highest BCUT2D eigenvalue weighted by Crippen LogP contribution is 2.27. The van der Waals surface area contributed by atoms with Crippen LogP contribution in [0.25, 0.3) is 16.7 Å². The lowest BCUT2D eigenvalue weighted by atomic mass is 9.91. The zero-order valence-electron chi connectivity index (χ0n) is 16.7. The summed E-state index contributed by atoms with van der Waals surface area (Å²) in [6, 6.07) is 3.00. The van der Waals surface area contributed by atoms with Gasteiger partial charge in [0.1, 0.15) is 12.4 Å². The molecule has 0 spiro atoms. The Hall–Kier alpha value is -3.47. The molecule has 1 aromatic carbocycles. The van der Waals surface area contributed by atoms with Crippen molar-refractivity contribution in [1.29, 1.82) is 0 Å². The van der Waals surface area contributed by atoms with Crippen molar-refractivity contribution in [3.63, 3.8) is 0 Å². The summed E-state index contributed by atoms with van der Waals surface area (Å²) in [5, 5.41) is 11.4. The molecule has 1 saturated carbocycles. The lowest BCUT2D eigenvalue weighted by molar-refractivity contribution is -0.124. The monoisotopic (exact) mass is 448 g/mol. The molecule has 1 amide bonds. The Morgan fingerprint density at radius 2 is 1.81 bits per heavy atom. The van der Waals surface area contributed by atoms with E-state index in [4.69, 9.17) is 5.11 Å². The summed E-state index contributed by atoms with van der Waals surface area (Å²) in [6.07, 6.45) is 2.45. The maximum Gasteiger partial charge on any atom is 0.337 e. The van der Waals surface area contributed by atoms with Crippen molar-refractivity contribution in [1.82, 2.24) is 19.4 Å². The Morgan fingerprint density at radius 3 is 2.47 bits per heavy atom. The molecule has 2 aromatic heterocycles. The number of carbonyl (C=O) groups excluding carboxylic acids is 1. The zero-order valence-corrected chi connectivity index (χ0v) is 16.7. The molecule has 168 valence electrons. The first kappa shape index (κ1) is 21.8. The van der Waals surface area contributed by atoms with E-state index in [0.29, 0.717) is 25.7 Å². The quantitative estimate of drug-likeness (QED) is 0.630. The highest BCUT2D eigenvalue weighted by atomic mass is 19.2. The summed E-state index contributed by atoms with van der Waals surface area (Å²) in [7, 11) is 0. The predicted octanol–water partition coefficient (Wildman–Crippen LogP) is 1.56. The fourth-order valence-electron chi connectivity index (χ4n) is 4.11. The molecule has 2 heterocycles. The first-order valence-corrected chi connectivity index (χ1v) is 9.98. The second kappa shape index (κ2) is 8.58. The van der Waals surface area contributed by atoms with Gasteiger partial charge in [-0.25, -0.2) is 27.5 Å². The molecule has 2 N–H and O–H groups in total. The van der Waals surface area contributed by atoms with Gasteiger partial charge in [-0.05, 0) is 43.9 Å². The van der Waals surface area contributed by atoms with Crippen molar-refractivity contribution in [2.24, 2.45) is 0 Å². The van der Waals surface area contributed by atoms with Crippen LogP contribution in [0.1, 0.15) is 31.7 Å². The number of benzene rings is 1. The molecule has 4 rings (SSSR count). The fourth-order valence-corrected chi connectivity index (χ4v) is 4.11. The predicted molar refractivity (Wildman–Crippen MR) is 108 cm³/mol. The molecule has 1 aliphatic rings. The number of nitrogens with zero attached hydrogens (tertiary/aromatic N) is 3. The lowest BCUT2D eigenvalue weighted by Crippen LogP contribution is -2.45. The number of fused-ring (bicyclic) bond motifs is 1. The number of rotatable bonds is 4. The van der Waals surface area contributed by atoms with E-state index in [2.05, 4.69) is 10.3 Å². The van der Waals surface area contributed by atoms with Crippen LogP contribution in [0, 0.1) is 17.5 Å². The molecule has 32 heavy (non-hydrogen) atoms. The van der Waals surface area contributed by atoms with Gasteiger partial charge in [0.15, 0.2) is 17.3 Å². The van der Waals surface area contributed by atoms with Crippen LogP contribution < -0.4 is 16.6 Å². The van der Waals surface area contributed by atoms with E-state index in [-0.39, 0.29) is 22.8 Å². The fraction of sp³-hybridized carbons (Fsp3) is 0.333. The average Bonchev–Trinajstić information content (AvgIpc) is 2.77. The van der Waals surface area contributed by atoms with Crippen molar-refractivity contribution >= 4 is 16.9 Å². The Labute approximate surface area is 178 Å². The molecule has 0 radical (unpaired) electrons. The van der Waals surface area contributed by atoms with Gasteiger partial charge in [0.25, 0.3) is 5.56 Å². The first-order chi connectivity index (χ1) is 15.3. The Bertz CT molecular complexity index is 1310. The van der Waals surface area contributed by atoms with E-state index >= 15 is 0 Å². The van der Waals surface area contributed by atoms with Crippen molar-refractivity contribution < 1.29 is 23.1 Å². The molecule has 1 aliphatic carbocycles. The maximum atomic E-state index is 13.9. The van der Waals surface area contributed by atoms with E-state index in [1.165, 1.54) is 6.07 Å². The summed E-state index contributed by atoms with van der Waals surface area (Å²) in [4.78, 5) is 41.7. The minimum atomic E-state index is -1.19. The Balaban J connectivity index is 1.84. The summed E-state index contributed by atoms with van der Waals surface area (Å²) in [5.74, 6) is -3.60. The topological polar surface area (TPSA) is 106 Å². The highest BCUT2D eigenvalue weighted by Gasteiger charge is 2.28. The lowest BCUT2D eigenvalue weighted by Gasteiger charge is -2.30. The van der Waals surface area contributed by atoms with Crippen LogP contribution in [0.15, 0.2) is 40.1 Å². The van der Waals surface area contributed by atoms with Crippen LogP contribution in [0.4, 0.5) is 13.2 Å². The van der Waals surface area contributed by atoms with Gasteiger partial charge >= 0.3 is 5.69 Å². The van der Waals surface area contributed by atoms with E-state index in [1.807, 2.05) is 0 Å². The number of nitrogens with one attached hydrogen (secondary N) is 1. The van der Waals surface area contributed by atoms with Crippen molar-refractivity contribution in [3.8, 4) is 5.69 Å². The number of aromatic nitrogens is 3. The summed E-state index contributed by atoms with van der Waals surface area (Å²) in [6.45, 7) is -0.637. The molecular weight excluding hydrogens is 429 g/mol. The minimum Gasteiger partial charge on any atom is -0.387 e. The summed E-state index contributed by atoms with van der Waals surface area (Å²) < 4.78 is 43.1. The molecule has 0 atom stereocenters. The highest BCUT2D eigenvalue weighted by molar-refractivity contribution is 5.77. The normalized spacial score (nSPS) is 18.6. The third-order valence-corrected chi connectivity index (χ3v) is 5.62.